The smallest absolute Gasteiger partial charge is 0.261 e. The van der Waals surface area contributed by atoms with E-state index in [4.69, 9.17) is 5.10 Å². The number of ketones is 1. The number of carbonyl (C=O) groups is 2. The van der Waals surface area contributed by atoms with Gasteiger partial charge in [-0.25, -0.2) is 5.01 Å². The molecule has 1 heterocycles. The van der Waals surface area contributed by atoms with Gasteiger partial charge in [0, 0.05) is 5.92 Å². The summed E-state index contributed by atoms with van der Waals surface area (Å²) in [7, 11) is 0. The summed E-state index contributed by atoms with van der Waals surface area (Å²) >= 11 is 0. The number of Topliss-reactive ketones (excluding diaryl/α,β-unsaturated/α-hetero) is 1. The monoisotopic (exact) mass is 453 g/mol. The standard InChI is InChI=1S/C28H43N3O2/c1-16(2)25-26(33)31(18(4)29-25)30-20-11-13-27(5)19(15-20)7-8-21-23-10-9-22(17(3)32)28(23,6)14-12-24(21)27/h15-16,18,21-25,29H,7-14H2,1-6H3/b30-20+/t18-,21?,22?,23+,24+,25?,27?,28?/m1/s1. The van der Waals surface area contributed by atoms with E-state index in [1.165, 1.54) is 25.7 Å². The summed E-state index contributed by atoms with van der Waals surface area (Å²) in [6, 6.07) is -0.136. The van der Waals surface area contributed by atoms with E-state index in [0.29, 0.717) is 11.7 Å². The van der Waals surface area contributed by atoms with Gasteiger partial charge in [0.1, 0.15) is 11.9 Å². The largest absolute Gasteiger partial charge is 0.300 e. The first-order valence-corrected chi connectivity index (χ1v) is 13.4. The van der Waals surface area contributed by atoms with Crippen LogP contribution in [0, 0.1) is 40.4 Å². The number of allylic oxidation sites excluding steroid dienone is 2. The maximum absolute atomic E-state index is 12.9. The molecule has 1 amide bonds. The highest BCUT2D eigenvalue weighted by Crippen LogP contribution is 2.66. The van der Waals surface area contributed by atoms with Crippen molar-refractivity contribution in [2.45, 2.75) is 105 Å². The van der Waals surface area contributed by atoms with E-state index in [0.717, 1.165) is 43.2 Å². The van der Waals surface area contributed by atoms with Crippen molar-refractivity contribution in [3.8, 4) is 0 Å². The molecule has 0 spiro atoms. The summed E-state index contributed by atoms with van der Waals surface area (Å²) in [5.41, 5.74) is 3.10. The molecule has 1 saturated heterocycles. The minimum Gasteiger partial charge on any atom is -0.300 e. The normalized spacial score (nSPS) is 46.3. The molecular formula is C28H43N3O2. The molecule has 0 aromatic rings. The third-order valence-corrected chi connectivity index (χ3v) is 10.7. The Bertz CT molecular complexity index is 907. The predicted molar refractivity (Wildman–Crippen MR) is 131 cm³/mol. The molecule has 5 nitrogen and oxygen atoms in total. The zero-order valence-corrected chi connectivity index (χ0v) is 21.5. The maximum atomic E-state index is 12.9. The van der Waals surface area contributed by atoms with Crippen molar-refractivity contribution in [3.63, 3.8) is 0 Å². The number of nitrogens with zero attached hydrogens (tertiary/aromatic N) is 2. The van der Waals surface area contributed by atoms with Gasteiger partial charge in [0.05, 0.1) is 11.8 Å². The molecule has 5 heteroatoms. The van der Waals surface area contributed by atoms with Gasteiger partial charge in [-0.15, -0.1) is 0 Å². The van der Waals surface area contributed by atoms with E-state index in [2.05, 4.69) is 39.1 Å². The lowest BCUT2D eigenvalue weighted by molar-refractivity contribution is -0.130. The number of hydrogen-bond donors (Lipinski definition) is 1. The Morgan fingerprint density at radius 3 is 2.55 bits per heavy atom. The summed E-state index contributed by atoms with van der Waals surface area (Å²) in [5, 5.41) is 9.97. The zero-order valence-electron chi connectivity index (χ0n) is 21.5. The van der Waals surface area contributed by atoms with Crippen molar-refractivity contribution >= 4 is 17.4 Å². The van der Waals surface area contributed by atoms with E-state index in [-0.39, 0.29) is 40.8 Å². The van der Waals surface area contributed by atoms with Gasteiger partial charge in [0.15, 0.2) is 0 Å². The van der Waals surface area contributed by atoms with Crippen LogP contribution in [-0.4, -0.2) is 34.6 Å². The fourth-order valence-electron chi connectivity index (χ4n) is 8.80. The van der Waals surface area contributed by atoms with Gasteiger partial charge >= 0.3 is 0 Å². The van der Waals surface area contributed by atoms with Crippen LogP contribution in [-0.2, 0) is 9.59 Å². The third-order valence-electron chi connectivity index (χ3n) is 10.7. The number of rotatable bonds is 3. The molecular weight excluding hydrogens is 410 g/mol. The van der Waals surface area contributed by atoms with Crippen LogP contribution in [0.1, 0.15) is 92.9 Å². The second kappa shape index (κ2) is 8.03. The highest BCUT2D eigenvalue weighted by atomic mass is 16.2. The number of amides is 1. The summed E-state index contributed by atoms with van der Waals surface area (Å²) in [4.78, 5) is 25.3. The van der Waals surface area contributed by atoms with Crippen LogP contribution in [0.3, 0.4) is 0 Å². The highest BCUT2D eigenvalue weighted by molar-refractivity contribution is 5.98. The van der Waals surface area contributed by atoms with Gasteiger partial charge in [-0.05, 0) is 106 Å². The zero-order chi connectivity index (χ0) is 23.7. The van der Waals surface area contributed by atoms with E-state index in [1.807, 2.05) is 13.8 Å². The molecule has 3 saturated carbocycles. The van der Waals surface area contributed by atoms with E-state index < -0.39 is 0 Å². The third kappa shape index (κ3) is 3.47. The quantitative estimate of drug-likeness (QED) is 0.630. The molecule has 5 unspecified atom stereocenters. The van der Waals surface area contributed by atoms with Crippen molar-refractivity contribution < 1.29 is 9.59 Å². The van der Waals surface area contributed by atoms with Crippen molar-refractivity contribution in [2.24, 2.45) is 45.5 Å². The van der Waals surface area contributed by atoms with Gasteiger partial charge in [0.25, 0.3) is 5.91 Å². The molecule has 0 aromatic heterocycles. The number of fused-ring (bicyclic) bond motifs is 5. The number of carbonyl (C=O) groups excluding carboxylic acids is 2. The molecule has 0 aromatic carbocycles. The number of hydrazone groups is 1. The van der Waals surface area contributed by atoms with Gasteiger partial charge in [-0.1, -0.05) is 33.3 Å². The topological polar surface area (TPSA) is 61.8 Å². The average molecular weight is 454 g/mol. The summed E-state index contributed by atoms with van der Waals surface area (Å²) in [5.74, 6) is 3.26. The lowest BCUT2D eigenvalue weighted by Crippen LogP contribution is -2.51. The van der Waals surface area contributed by atoms with Gasteiger partial charge < -0.3 is 0 Å². The van der Waals surface area contributed by atoms with Gasteiger partial charge in [0.2, 0.25) is 0 Å². The van der Waals surface area contributed by atoms with Crippen LogP contribution < -0.4 is 5.32 Å². The first kappa shape index (κ1) is 23.3. The molecule has 33 heavy (non-hydrogen) atoms. The van der Waals surface area contributed by atoms with E-state index in [1.54, 1.807) is 10.6 Å². The number of nitrogens with one attached hydrogen (secondary N) is 1. The lowest BCUT2D eigenvalue weighted by atomic mass is 9.46. The molecule has 4 aliphatic carbocycles. The van der Waals surface area contributed by atoms with Crippen LogP contribution in [0.25, 0.3) is 0 Å². The molecule has 0 bridgehead atoms. The van der Waals surface area contributed by atoms with E-state index in [9.17, 15) is 9.59 Å². The van der Waals surface area contributed by atoms with E-state index >= 15 is 0 Å². The minimum absolute atomic E-state index is 0.0487. The van der Waals surface area contributed by atoms with Crippen LogP contribution in [0.2, 0.25) is 0 Å². The average Bonchev–Trinajstić information content (AvgIpc) is 3.25. The Balaban J connectivity index is 1.37. The second-order valence-electron chi connectivity index (χ2n) is 12.6. The SMILES string of the molecule is CC(=O)C1CC[C@H]2C3CCC4=C/C(=N/N5C(=O)C(C(C)C)N[C@H]5C)CCC4(C)[C@H]3CCC12C. The van der Waals surface area contributed by atoms with Gasteiger partial charge in [-0.3, -0.25) is 14.9 Å². The number of hydrogen-bond acceptors (Lipinski definition) is 4. The van der Waals surface area contributed by atoms with Gasteiger partial charge in [-0.2, -0.15) is 5.10 Å². The molecule has 1 aliphatic heterocycles. The Morgan fingerprint density at radius 1 is 1.12 bits per heavy atom. The molecule has 1 N–H and O–H groups in total. The van der Waals surface area contributed by atoms with Crippen molar-refractivity contribution in [3.05, 3.63) is 11.6 Å². The molecule has 5 aliphatic rings. The molecule has 8 atom stereocenters. The first-order chi connectivity index (χ1) is 15.6. The maximum Gasteiger partial charge on any atom is 0.261 e. The molecule has 182 valence electrons. The van der Waals surface area contributed by atoms with Crippen molar-refractivity contribution in [1.82, 2.24) is 10.3 Å². The van der Waals surface area contributed by atoms with Crippen LogP contribution >= 0.6 is 0 Å². The summed E-state index contributed by atoms with van der Waals surface area (Å²) < 4.78 is 0. The predicted octanol–water partition coefficient (Wildman–Crippen LogP) is 5.31. The second-order valence-corrected chi connectivity index (χ2v) is 12.6. The Morgan fingerprint density at radius 2 is 1.88 bits per heavy atom. The molecule has 4 fully saturated rings. The summed E-state index contributed by atoms with van der Waals surface area (Å²) in [6.45, 7) is 13.0. The van der Waals surface area contributed by atoms with Crippen LogP contribution in [0.5, 0.6) is 0 Å². The Labute approximate surface area is 199 Å². The Hall–Kier alpha value is -1.49. The Kier molecular flexibility index (Phi) is 5.66. The molecule has 5 rings (SSSR count). The van der Waals surface area contributed by atoms with Crippen LogP contribution in [0.4, 0.5) is 0 Å². The molecule has 0 radical (unpaired) electrons. The summed E-state index contributed by atoms with van der Waals surface area (Å²) in [6.07, 6.45) is 11.6. The fourth-order valence-corrected chi connectivity index (χ4v) is 8.80. The highest BCUT2D eigenvalue weighted by Gasteiger charge is 2.59. The minimum atomic E-state index is -0.136. The fraction of sp³-hybridized carbons (Fsp3) is 0.821. The van der Waals surface area contributed by atoms with Crippen LogP contribution in [0.15, 0.2) is 16.8 Å². The first-order valence-electron chi connectivity index (χ1n) is 13.4. The van der Waals surface area contributed by atoms with Crippen molar-refractivity contribution in [2.75, 3.05) is 0 Å². The van der Waals surface area contributed by atoms with Crippen molar-refractivity contribution in [1.29, 1.82) is 0 Å². The lowest BCUT2D eigenvalue weighted by Gasteiger charge is -2.58.